The average molecular weight is 1440 g/mol. The molecule has 10 heteroatoms. The molecule has 0 aromatic heterocycles. The van der Waals surface area contributed by atoms with Crippen molar-refractivity contribution in [3.8, 4) is 0 Å². The van der Waals surface area contributed by atoms with E-state index in [1.54, 1.807) is 0 Å². The molecule has 2 atom stereocenters. The number of ether oxygens (including phenoxy) is 2. The van der Waals surface area contributed by atoms with Crippen LogP contribution in [0.4, 0.5) is 0 Å². The first-order valence-electron chi connectivity index (χ1n) is 42.9. The third-order valence-corrected chi connectivity index (χ3v) is 19.6. The summed E-state index contributed by atoms with van der Waals surface area (Å²) in [4.78, 5) is 38.2. The Kier molecular flexibility index (Phi) is 78.2. The van der Waals surface area contributed by atoms with Crippen molar-refractivity contribution in [3.63, 3.8) is 0 Å². The topological polar surface area (TPSA) is 111 Å². The summed E-state index contributed by atoms with van der Waals surface area (Å²) in [6.07, 6.45) is 119. The fraction of sp³-hybridized carbons (Fsp3) is 0.739. The molecule has 9 nitrogen and oxygen atoms in total. The lowest BCUT2D eigenvalue weighted by Crippen LogP contribution is -2.37. The molecule has 0 aliphatic carbocycles. The van der Waals surface area contributed by atoms with E-state index in [4.69, 9.17) is 18.5 Å². The largest absolute Gasteiger partial charge is 0.756 e. The number of likely N-dealkylation sites (N-methyl/N-ethyl adjacent to an activating group) is 1. The molecule has 0 aliphatic rings. The van der Waals surface area contributed by atoms with Gasteiger partial charge in [-0.05, 0) is 109 Å². The molecule has 0 heterocycles. The SMILES string of the molecule is CC/C=C\C/C=C\C/C=C\C/C=C\C/C=C\C/C=C\C/C=C\CCCCCCCCCCCCCCCCCC(=O)OC(COC(=O)CCCCCCCCCCCCCCCCCCCCCCCCCCCCCC/C=C\C/C=C\C/C=C\C/C=C\CC)COP(=O)([O-])OCC[N+](C)(C)C. The Labute approximate surface area is 631 Å². The van der Waals surface area contributed by atoms with Gasteiger partial charge in [-0.2, -0.15) is 0 Å². The fourth-order valence-corrected chi connectivity index (χ4v) is 13.0. The molecular formula is C92H162NO8P. The summed E-state index contributed by atoms with van der Waals surface area (Å²) in [5.74, 6) is -0.819. The highest BCUT2D eigenvalue weighted by atomic mass is 31.2. The van der Waals surface area contributed by atoms with E-state index in [0.717, 1.165) is 109 Å². The van der Waals surface area contributed by atoms with Crippen molar-refractivity contribution < 1.29 is 42.1 Å². The lowest BCUT2D eigenvalue weighted by molar-refractivity contribution is -0.870. The number of hydrogen-bond acceptors (Lipinski definition) is 8. The Hall–Kier alpha value is -3.85. The van der Waals surface area contributed by atoms with E-state index >= 15 is 0 Å². The molecule has 0 rings (SSSR count). The van der Waals surface area contributed by atoms with Gasteiger partial charge < -0.3 is 27.9 Å². The predicted molar refractivity (Wildman–Crippen MR) is 443 cm³/mol. The molecule has 0 N–H and O–H groups in total. The van der Waals surface area contributed by atoms with Gasteiger partial charge in [-0.25, -0.2) is 0 Å². The summed E-state index contributed by atoms with van der Waals surface area (Å²) in [5, 5.41) is 0. The molecule has 0 radical (unpaired) electrons. The van der Waals surface area contributed by atoms with Crippen LogP contribution in [0, 0.1) is 0 Å². The van der Waals surface area contributed by atoms with E-state index in [1.807, 2.05) is 21.1 Å². The summed E-state index contributed by atoms with van der Waals surface area (Å²) in [6.45, 7) is 4.06. The third kappa shape index (κ3) is 85.1. The van der Waals surface area contributed by atoms with Crippen LogP contribution in [-0.2, 0) is 32.7 Å². The van der Waals surface area contributed by atoms with Crippen molar-refractivity contribution in [1.82, 2.24) is 0 Å². The standard InChI is InChI=1S/C92H162NO8P/c1-6-8-10-12-14-16-18-20-22-24-26-28-30-32-34-36-38-40-42-44-45-46-47-49-50-52-54-56-58-60-62-64-66-68-70-72-74-76-78-80-82-84-91(94)98-88-90(89-100-102(96,97)99-87-86-93(3,4)5)101-92(95)85-83-81-79-77-75-73-71-69-67-65-63-61-59-57-55-53-51-48-43-41-39-37-35-33-31-29-27-25-23-21-19-17-15-13-11-9-7-2/h8-11,14-17,20-23,26-29,33,35,39,41,48,51,90H,6-7,12-13,18-19,24-25,30-32,34,36-38,40,42-47,49-50,52-89H2,1-5H3/b10-8-,11-9-,16-14-,17-15-,22-20-,23-21-,28-26-,29-27-,35-33-,41-39-,51-48-. The summed E-state index contributed by atoms with van der Waals surface area (Å²) in [7, 11) is 1.17. The molecule has 0 aromatic rings. The van der Waals surface area contributed by atoms with Crippen LogP contribution in [0.25, 0.3) is 0 Å². The summed E-state index contributed by atoms with van der Waals surface area (Å²) in [5.41, 5.74) is 0. The molecule has 0 spiro atoms. The molecule has 0 fully saturated rings. The van der Waals surface area contributed by atoms with Crippen LogP contribution in [0.3, 0.4) is 0 Å². The molecule has 2 unspecified atom stereocenters. The van der Waals surface area contributed by atoms with Gasteiger partial charge in [-0.15, -0.1) is 0 Å². The van der Waals surface area contributed by atoms with Crippen molar-refractivity contribution in [2.75, 3.05) is 47.5 Å². The van der Waals surface area contributed by atoms with Gasteiger partial charge in [-0.3, -0.25) is 14.2 Å². The van der Waals surface area contributed by atoms with Crippen LogP contribution in [0.1, 0.15) is 386 Å². The zero-order valence-corrected chi connectivity index (χ0v) is 68.2. The Morgan fingerprint density at radius 2 is 0.529 bits per heavy atom. The molecule has 0 aliphatic heterocycles. The Bertz CT molecular complexity index is 2190. The van der Waals surface area contributed by atoms with Gasteiger partial charge in [0, 0.05) is 12.8 Å². The maximum absolute atomic E-state index is 12.9. The molecular weight excluding hydrogens is 1280 g/mol. The van der Waals surface area contributed by atoms with E-state index in [2.05, 4.69) is 148 Å². The first-order chi connectivity index (χ1) is 50.0. The number of carbonyl (C=O) groups is 2. The smallest absolute Gasteiger partial charge is 0.306 e. The summed E-state index contributed by atoms with van der Waals surface area (Å²) < 4.78 is 34.5. The number of unbranched alkanes of at least 4 members (excludes halogenated alkanes) is 43. The molecule has 0 aromatic carbocycles. The van der Waals surface area contributed by atoms with Gasteiger partial charge in [0.2, 0.25) is 0 Å². The first-order valence-corrected chi connectivity index (χ1v) is 44.4. The zero-order chi connectivity index (χ0) is 74.0. The Morgan fingerprint density at radius 1 is 0.304 bits per heavy atom. The summed E-state index contributed by atoms with van der Waals surface area (Å²) >= 11 is 0. The normalized spacial score (nSPS) is 13.7. The van der Waals surface area contributed by atoms with Crippen LogP contribution < -0.4 is 4.89 Å². The first kappa shape index (κ1) is 98.2. The van der Waals surface area contributed by atoms with E-state index in [0.29, 0.717) is 17.4 Å². The van der Waals surface area contributed by atoms with Crippen molar-refractivity contribution in [3.05, 3.63) is 134 Å². The van der Waals surface area contributed by atoms with E-state index in [1.165, 1.54) is 244 Å². The van der Waals surface area contributed by atoms with Crippen LogP contribution in [0.5, 0.6) is 0 Å². The highest BCUT2D eigenvalue weighted by Gasteiger charge is 2.22. The quantitative estimate of drug-likeness (QED) is 0.0195. The van der Waals surface area contributed by atoms with E-state index < -0.39 is 26.5 Å². The second-order valence-electron chi connectivity index (χ2n) is 29.8. The van der Waals surface area contributed by atoms with Crippen LogP contribution in [0.2, 0.25) is 0 Å². The van der Waals surface area contributed by atoms with Gasteiger partial charge in [0.05, 0.1) is 27.7 Å². The number of hydrogen-bond donors (Lipinski definition) is 0. The van der Waals surface area contributed by atoms with Gasteiger partial charge in [0.25, 0.3) is 7.82 Å². The number of quaternary nitrogens is 1. The maximum Gasteiger partial charge on any atom is 0.306 e. The van der Waals surface area contributed by atoms with E-state index in [-0.39, 0.29) is 32.0 Å². The van der Waals surface area contributed by atoms with Crippen LogP contribution in [0.15, 0.2) is 134 Å². The Morgan fingerprint density at radius 3 is 0.784 bits per heavy atom. The fourth-order valence-electron chi connectivity index (χ4n) is 12.2. The van der Waals surface area contributed by atoms with Crippen molar-refractivity contribution in [2.24, 2.45) is 0 Å². The molecule has 102 heavy (non-hydrogen) atoms. The highest BCUT2D eigenvalue weighted by molar-refractivity contribution is 7.45. The number of rotatable bonds is 79. The second-order valence-corrected chi connectivity index (χ2v) is 31.2. The number of phosphoric ester groups is 1. The van der Waals surface area contributed by atoms with Gasteiger partial charge in [0.15, 0.2) is 6.10 Å². The number of allylic oxidation sites excluding steroid dienone is 22. The zero-order valence-electron chi connectivity index (χ0n) is 67.3. The van der Waals surface area contributed by atoms with Gasteiger partial charge in [-0.1, -0.05) is 398 Å². The van der Waals surface area contributed by atoms with Crippen LogP contribution >= 0.6 is 7.82 Å². The summed E-state index contributed by atoms with van der Waals surface area (Å²) in [6, 6.07) is 0. The number of carbonyl (C=O) groups excluding carboxylic acids is 2. The minimum Gasteiger partial charge on any atom is -0.756 e. The second kappa shape index (κ2) is 81.2. The third-order valence-electron chi connectivity index (χ3n) is 18.7. The van der Waals surface area contributed by atoms with Crippen molar-refractivity contribution >= 4 is 19.8 Å². The number of nitrogens with zero attached hydrogens (tertiary/aromatic N) is 1. The predicted octanol–water partition coefficient (Wildman–Crippen LogP) is 28.4. The number of phosphoric acid groups is 1. The lowest BCUT2D eigenvalue weighted by Gasteiger charge is -2.28. The minimum atomic E-state index is -4.65. The molecule has 588 valence electrons. The van der Waals surface area contributed by atoms with Crippen molar-refractivity contribution in [2.45, 2.75) is 392 Å². The average Bonchev–Trinajstić information content (AvgIpc) is 0.913. The Balaban J connectivity index is 3.91. The maximum atomic E-state index is 12.9. The van der Waals surface area contributed by atoms with E-state index in [9.17, 15) is 19.0 Å². The van der Waals surface area contributed by atoms with Gasteiger partial charge >= 0.3 is 11.9 Å². The minimum absolute atomic E-state index is 0.0326. The van der Waals surface area contributed by atoms with Crippen molar-refractivity contribution in [1.29, 1.82) is 0 Å². The molecule has 0 amide bonds. The number of esters is 2. The molecule has 0 bridgehead atoms. The monoisotopic (exact) mass is 1440 g/mol. The van der Waals surface area contributed by atoms with Gasteiger partial charge in [0.1, 0.15) is 19.8 Å². The van der Waals surface area contributed by atoms with Crippen LogP contribution in [-0.4, -0.2) is 70.0 Å². The highest BCUT2D eigenvalue weighted by Crippen LogP contribution is 2.38. The lowest BCUT2D eigenvalue weighted by atomic mass is 10.0. The molecule has 0 saturated heterocycles. The molecule has 0 saturated carbocycles.